The van der Waals surface area contributed by atoms with E-state index in [9.17, 15) is 13.2 Å². The predicted molar refractivity (Wildman–Crippen MR) is 94.8 cm³/mol. The molecule has 24 heavy (non-hydrogen) atoms. The van der Waals surface area contributed by atoms with E-state index in [2.05, 4.69) is 5.32 Å². The highest BCUT2D eigenvalue weighted by atomic mass is 35.5. The van der Waals surface area contributed by atoms with Crippen LogP contribution in [0.2, 0.25) is 10.0 Å². The second-order valence-electron chi connectivity index (χ2n) is 4.84. The number of anilines is 1. The minimum atomic E-state index is -3.26. The largest absolute Gasteiger partial charge is 0.482 e. The summed E-state index contributed by atoms with van der Waals surface area (Å²) in [5.74, 6) is -0.0262. The van der Waals surface area contributed by atoms with Gasteiger partial charge >= 0.3 is 0 Å². The lowest BCUT2D eigenvalue weighted by Crippen LogP contribution is -2.20. The normalized spacial score (nSPS) is 11.1. The van der Waals surface area contributed by atoms with Crippen LogP contribution in [0.1, 0.15) is 6.92 Å². The van der Waals surface area contributed by atoms with Gasteiger partial charge in [0.1, 0.15) is 5.75 Å². The molecule has 0 aromatic heterocycles. The van der Waals surface area contributed by atoms with Crippen LogP contribution in [0.3, 0.4) is 0 Å². The third kappa shape index (κ3) is 4.87. The van der Waals surface area contributed by atoms with E-state index in [-0.39, 0.29) is 17.3 Å². The van der Waals surface area contributed by atoms with Gasteiger partial charge in [0.2, 0.25) is 0 Å². The van der Waals surface area contributed by atoms with Gasteiger partial charge in [-0.2, -0.15) is 0 Å². The van der Waals surface area contributed by atoms with Crippen LogP contribution in [0, 0.1) is 0 Å². The van der Waals surface area contributed by atoms with Gasteiger partial charge in [0.05, 0.1) is 15.7 Å². The van der Waals surface area contributed by atoms with Crippen LogP contribution in [-0.2, 0) is 14.6 Å². The molecule has 8 heteroatoms. The molecule has 0 radical (unpaired) electrons. The summed E-state index contributed by atoms with van der Waals surface area (Å²) < 4.78 is 28.8. The van der Waals surface area contributed by atoms with Crippen LogP contribution in [-0.4, -0.2) is 26.7 Å². The van der Waals surface area contributed by atoms with Crippen LogP contribution >= 0.6 is 23.2 Å². The maximum absolute atomic E-state index is 11.9. The van der Waals surface area contributed by atoms with Gasteiger partial charge in [-0.15, -0.1) is 0 Å². The third-order valence-corrected chi connectivity index (χ3v) is 5.41. The maximum Gasteiger partial charge on any atom is 0.262 e. The molecule has 2 rings (SSSR count). The maximum atomic E-state index is 11.9. The van der Waals surface area contributed by atoms with Crippen LogP contribution in [0.5, 0.6) is 5.75 Å². The van der Waals surface area contributed by atoms with Crippen LogP contribution in [0.4, 0.5) is 5.69 Å². The lowest BCUT2D eigenvalue weighted by molar-refractivity contribution is -0.118. The minimum Gasteiger partial charge on any atom is -0.482 e. The van der Waals surface area contributed by atoms with Crippen molar-refractivity contribution < 1.29 is 17.9 Å². The number of ether oxygens (including phenoxy) is 1. The lowest BCUT2D eigenvalue weighted by atomic mass is 10.3. The van der Waals surface area contributed by atoms with Crippen molar-refractivity contribution in [3.05, 3.63) is 52.5 Å². The van der Waals surface area contributed by atoms with E-state index in [0.717, 1.165) is 0 Å². The minimum absolute atomic E-state index is 0.0222. The van der Waals surface area contributed by atoms with Gasteiger partial charge < -0.3 is 10.1 Å². The molecular formula is C16H15Cl2NO4S. The van der Waals surface area contributed by atoms with E-state index >= 15 is 0 Å². The second-order valence-corrected chi connectivity index (χ2v) is 7.96. The van der Waals surface area contributed by atoms with Crippen molar-refractivity contribution in [2.24, 2.45) is 0 Å². The molecule has 2 aromatic rings. The molecule has 0 aliphatic carbocycles. The van der Waals surface area contributed by atoms with Gasteiger partial charge in [-0.05, 0) is 42.5 Å². The van der Waals surface area contributed by atoms with Gasteiger partial charge in [-0.1, -0.05) is 30.1 Å². The Morgan fingerprint density at radius 2 is 1.79 bits per heavy atom. The molecule has 1 N–H and O–H groups in total. The van der Waals surface area contributed by atoms with E-state index in [1.807, 2.05) is 0 Å². The second kappa shape index (κ2) is 7.88. The zero-order valence-corrected chi connectivity index (χ0v) is 15.1. The van der Waals surface area contributed by atoms with Crippen LogP contribution in [0.15, 0.2) is 47.4 Å². The molecule has 5 nitrogen and oxygen atoms in total. The first-order chi connectivity index (χ1) is 11.3. The number of nitrogens with one attached hydrogen (secondary N) is 1. The molecule has 0 unspecified atom stereocenters. The van der Waals surface area contributed by atoms with Crippen LogP contribution in [0.25, 0.3) is 0 Å². The van der Waals surface area contributed by atoms with Gasteiger partial charge in [0.25, 0.3) is 5.91 Å². The Morgan fingerprint density at radius 1 is 1.12 bits per heavy atom. The average molecular weight is 388 g/mol. The van der Waals surface area contributed by atoms with Crippen molar-refractivity contribution in [3.63, 3.8) is 0 Å². The van der Waals surface area contributed by atoms with Crippen molar-refractivity contribution in [2.75, 3.05) is 17.7 Å². The summed E-state index contributed by atoms with van der Waals surface area (Å²) in [6.07, 6.45) is 0. The molecule has 0 spiro atoms. The standard InChI is InChI=1S/C16H15Cl2NO4S/c1-2-24(21,22)13-6-4-12(5-7-13)19-16(20)10-23-15-8-3-11(17)9-14(15)18/h3-9H,2,10H2,1H3,(H,19,20). The van der Waals surface area contributed by atoms with E-state index in [4.69, 9.17) is 27.9 Å². The lowest BCUT2D eigenvalue weighted by Gasteiger charge is -2.09. The number of hydrogen-bond acceptors (Lipinski definition) is 4. The molecule has 0 bridgehead atoms. The fraction of sp³-hybridized carbons (Fsp3) is 0.188. The number of carbonyl (C=O) groups excluding carboxylic acids is 1. The zero-order chi connectivity index (χ0) is 17.7. The smallest absolute Gasteiger partial charge is 0.262 e. The van der Waals surface area contributed by atoms with Crippen molar-refractivity contribution >= 4 is 44.6 Å². The monoisotopic (exact) mass is 387 g/mol. The Hall–Kier alpha value is -1.76. The van der Waals surface area contributed by atoms with Gasteiger partial charge in [-0.25, -0.2) is 8.42 Å². The topological polar surface area (TPSA) is 72.5 Å². The highest BCUT2D eigenvalue weighted by Gasteiger charge is 2.12. The summed E-state index contributed by atoms with van der Waals surface area (Å²) in [6.45, 7) is 1.33. The highest BCUT2D eigenvalue weighted by molar-refractivity contribution is 7.91. The number of amides is 1. The van der Waals surface area contributed by atoms with E-state index in [0.29, 0.717) is 21.5 Å². The summed E-state index contributed by atoms with van der Waals surface area (Å²) in [5.41, 5.74) is 0.473. The number of carbonyl (C=O) groups is 1. The summed E-state index contributed by atoms with van der Waals surface area (Å²) in [6, 6.07) is 10.6. The Bertz CT molecular complexity index is 836. The van der Waals surface area contributed by atoms with Crippen molar-refractivity contribution in [1.29, 1.82) is 0 Å². The predicted octanol–water partition coefficient (Wildman–Crippen LogP) is 3.80. The molecule has 0 fully saturated rings. The Morgan fingerprint density at radius 3 is 2.38 bits per heavy atom. The first-order valence-corrected chi connectivity index (χ1v) is 9.43. The van der Waals surface area contributed by atoms with E-state index in [1.165, 1.54) is 30.3 Å². The number of sulfone groups is 1. The summed E-state index contributed by atoms with van der Waals surface area (Å²) in [7, 11) is -3.26. The molecule has 1 amide bonds. The van der Waals surface area contributed by atoms with Crippen molar-refractivity contribution in [1.82, 2.24) is 0 Å². The number of halogens is 2. The first-order valence-electron chi connectivity index (χ1n) is 7.02. The fourth-order valence-electron chi connectivity index (χ4n) is 1.84. The SMILES string of the molecule is CCS(=O)(=O)c1ccc(NC(=O)COc2ccc(Cl)cc2Cl)cc1. The molecule has 0 aliphatic heterocycles. The number of benzene rings is 2. The first kappa shape index (κ1) is 18.6. The molecule has 0 atom stereocenters. The van der Waals surface area contributed by atoms with Gasteiger partial charge in [0, 0.05) is 10.7 Å². The van der Waals surface area contributed by atoms with Gasteiger partial charge in [0.15, 0.2) is 16.4 Å². The molecule has 0 aliphatic rings. The number of rotatable bonds is 6. The zero-order valence-electron chi connectivity index (χ0n) is 12.8. The van der Waals surface area contributed by atoms with Crippen LogP contribution < -0.4 is 10.1 Å². The molecule has 0 saturated carbocycles. The Labute approximate surface area is 150 Å². The molecule has 2 aromatic carbocycles. The fourth-order valence-corrected chi connectivity index (χ4v) is 3.19. The summed E-state index contributed by atoms with van der Waals surface area (Å²) in [5, 5.41) is 3.39. The van der Waals surface area contributed by atoms with E-state index in [1.54, 1.807) is 19.1 Å². The Kier molecular flexibility index (Phi) is 6.10. The van der Waals surface area contributed by atoms with Crippen molar-refractivity contribution in [2.45, 2.75) is 11.8 Å². The quantitative estimate of drug-likeness (QED) is 0.817. The highest BCUT2D eigenvalue weighted by Crippen LogP contribution is 2.27. The Balaban J connectivity index is 1.95. The van der Waals surface area contributed by atoms with E-state index < -0.39 is 15.7 Å². The summed E-state index contributed by atoms with van der Waals surface area (Å²) in [4.78, 5) is 12.1. The number of hydrogen-bond donors (Lipinski definition) is 1. The molecule has 0 heterocycles. The average Bonchev–Trinajstić information content (AvgIpc) is 2.54. The summed E-state index contributed by atoms with van der Waals surface area (Å²) >= 11 is 11.7. The van der Waals surface area contributed by atoms with Gasteiger partial charge in [-0.3, -0.25) is 4.79 Å². The van der Waals surface area contributed by atoms with Crippen molar-refractivity contribution in [3.8, 4) is 5.75 Å². The third-order valence-electron chi connectivity index (χ3n) is 3.13. The molecular weight excluding hydrogens is 373 g/mol. The molecule has 0 saturated heterocycles. The molecule has 128 valence electrons.